The Labute approximate surface area is 94.6 Å². The minimum absolute atomic E-state index is 0.827. The van der Waals surface area contributed by atoms with Crippen LogP contribution in [0.2, 0.25) is 0 Å². The van der Waals surface area contributed by atoms with Crippen molar-refractivity contribution in [3.63, 3.8) is 0 Å². The second kappa shape index (κ2) is 4.99. The number of benzene rings is 1. The minimum Gasteiger partial charge on any atom is -0.397 e. The molecule has 0 unspecified atom stereocenters. The van der Waals surface area contributed by atoms with Gasteiger partial charge in [0.2, 0.25) is 0 Å². The van der Waals surface area contributed by atoms with Crippen molar-refractivity contribution in [3.05, 3.63) is 52.2 Å². The highest BCUT2D eigenvalue weighted by molar-refractivity contribution is 7.08. The van der Waals surface area contributed by atoms with Crippen molar-refractivity contribution < 1.29 is 0 Å². The van der Waals surface area contributed by atoms with E-state index in [4.69, 9.17) is 5.73 Å². The summed E-state index contributed by atoms with van der Waals surface area (Å²) < 4.78 is 0. The zero-order valence-corrected chi connectivity index (χ0v) is 9.39. The summed E-state index contributed by atoms with van der Waals surface area (Å²) in [4.78, 5) is 0. The topological polar surface area (TPSA) is 26.0 Å². The van der Waals surface area contributed by atoms with Gasteiger partial charge in [-0.05, 0) is 35.8 Å². The van der Waals surface area contributed by atoms with Crippen LogP contribution in [0.1, 0.15) is 17.5 Å². The van der Waals surface area contributed by atoms with E-state index in [0.29, 0.717) is 0 Å². The van der Waals surface area contributed by atoms with Crippen molar-refractivity contribution in [1.29, 1.82) is 0 Å². The summed E-state index contributed by atoms with van der Waals surface area (Å²) in [6.45, 7) is 0. The maximum atomic E-state index is 5.77. The third kappa shape index (κ3) is 2.83. The molecule has 1 heterocycles. The Balaban J connectivity index is 1.83. The van der Waals surface area contributed by atoms with Gasteiger partial charge >= 0.3 is 0 Å². The van der Waals surface area contributed by atoms with Gasteiger partial charge in [0.25, 0.3) is 0 Å². The Kier molecular flexibility index (Phi) is 3.41. The molecular formula is C13H14NS. The van der Waals surface area contributed by atoms with Gasteiger partial charge in [-0.15, -0.1) is 11.3 Å². The molecule has 0 aliphatic carbocycles. The molecule has 0 aliphatic heterocycles. The number of hydrogen-bond acceptors (Lipinski definition) is 2. The lowest BCUT2D eigenvalue weighted by atomic mass is 10.1. The Bertz CT molecular complexity index is 405. The Morgan fingerprint density at radius 3 is 2.60 bits per heavy atom. The van der Waals surface area contributed by atoms with Gasteiger partial charge in [0.15, 0.2) is 0 Å². The van der Waals surface area contributed by atoms with E-state index in [1.807, 2.05) is 0 Å². The summed E-state index contributed by atoms with van der Waals surface area (Å²) in [6, 6.07) is 10.6. The molecule has 0 saturated heterocycles. The highest BCUT2D eigenvalue weighted by Gasteiger charge is 2.00. The van der Waals surface area contributed by atoms with Crippen molar-refractivity contribution in [2.75, 3.05) is 5.73 Å². The predicted octanol–water partition coefficient (Wildman–Crippen LogP) is 3.31. The first-order valence-electron chi connectivity index (χ1n) is 5.13. The van der Waals surface area contributed by atoms with E-state index in [1.165, 1.54) is 11.1 Å². The molecule has 2 heteroatoms. The fourth-order valence-electron chi connectivity index (χ4n) is 1.61. The molecule has 0 spiro atoms. The molecule has 2 rings (SSSR count). The molecule has 2 N–H and O–H groups in total. The lowest BCUT2D eigenvalue weighted by Gasteiger charge is -2.01. The maximum absolute atomic E-state index is 5.77. The Morgan fingerprint density at radius 2 is 1.93 bits per heavy atom. The number of rotatable bonds is 4. The summed E-state index contributed by atoms with van der Waals surface area (Å²) in [6.07, 6.45) is 3.33. The van der Waals surface area contributed by atoms with E-state index in [9.17, 15) is 0 Å². The average Bonchev–Trinajstić information content (AvgIpc) is 2.66. The molecule has 0 atom stereocenters. The van der Waals surface area contributed by atoms with Crippen LogP contribution in [-0.2, 0) is 12.8 Å². The largest absolute Gasteiger partial charge is 0.397 e. The molecule has 0 amide bonds. The fourth-order valence-corrected chi connectivity index (χ4v) is 2.32. The lowest BCUT2D eigenvalue weighted by Crippen LogP contribution is -1.92. The smallest absolute Gasteiger partial charge is 0.0695 e. The first kappa shape index (κ1) is 10.2. The molecule has 1 aromatic carbocycles. The van der Waals surface area contributed by atoms with E-state index in [-0.39, 0.29) is 0 Å². The molecule has 2 aromatic rings. The summed E-state index contributed by atoms with van der Waals surface area (Å²) in [5.41, 5.74) is 9.25. The molecular weight excluding hydrogens is 202 g/mol. The van der Waals surface area contributed by atoms with E-state index in [1.54, 1.807) is 11.3 Å². The van der Waals surface area contributed by atoms with Crippen LogP contribution in [0.4, 0.5) is 5.69 Å². The molecule has 1 nitrogen and oxygen atoms in total. The Hall–Kier alpha value is -1.28. The maximum Gasteiger partial charge on any atom is 0.0695 e. The summed E-state index contributed by atoms with van der Waals surface area (Å²) in [5.74, 6) is 0. The lowest BCUT2D eigenvalue weighted by molar-refractivity contribution is 0.824. The summed E-state index contributed by atoms with van der Waals surface area (Å²) >= 11 is 1.56. The van der Waals surface area contributed by atoms with E-state index in [0.717, 1.165) is 24.9 Å². The normalized spacial score (nSPS) is 10.4. The number of nitrogens with two attached hydrogens (primary N) is 1. The second-order valence-electron chi connectivity index (χ2n) is 3.62. The number of thiophene rings is 1. The van der Waals surface area contributed by atoms with Crippen molar-refractivity contribution in [2.45, 2.75) is 19.3 Å². The molecule has 15 heavy (non-hydrogen) atoms. The highest BCUT2D eigenvalue weighted by Crippen LogP contribution is 2.18. The van der Waals surface area contributed by atoms with Gasteiger partial charge in [0.1, 0.15) is 0 Å². The van der Waals surface area contributed by atoms with Crippen LogP contribution in [0.25, 0.3) is 0 Å². The third-order valence-corrected chi connectivity index (χ3v) is 3.21. The van der Waals surface area contributed by atoms with Crippen LogP contribution in [0, 0.1) is 5.38 Å². The van der Waals surface area contributed by atoms with Crippen molar-refractivity contribution >= 4 is 17.0 Å². The first-order chi connectivity index (χ1) is 7.36. The van der Waals surface area contributed by atoms with E-state index in [2.05, 4.69) is 41.1 Å². The van der Waals surface area contributed by atoms with Gasteiger partial charge < -0.3 is 5.73 Å². The van der Waals surface area contributed by atoms with Crippen LogP contribution in [0.15, 0.2) is 35.7 Å². The molecule has 0 aliphatic rings. The SMILES string of the molecule is Nc1[c]scc1CCCc1ccccc1. The number of hydrogen-bond donors (Lipinski definition) is 1. The molecule has 77 valence electrons. The molecule has 1 radical (unpaired) electrons. The Morgan fingerprint density at radius 1 is 1.13 bits per heavy atom. The summed E-state index contributed by atoms with van der Waals surface area (Å²) in [7, 11) is 0. The molecule has 0 saturated carbocycles. The van der Waals surface area contributed by atoms with Crippen molar-refractivity contribution in [3.8, 4) is 0 Å². The van der Waals surface area contributed by atoms with Gasteiger partial charge in [-0.25, -0.2) is 0 Å². The third-order valence-electron chi connectivity index (χ3n) is 2.47. The van der Waals surface area contributed by atoms with E-state index >= 15 is 0 Å². The van der Waals surface area contributed by atoms with Crippen LogP contribution in [0.5, 0.6) is 0 Å². The average molecular weight is 216 g/mol. The first-order valence-corrected chi connectivity index (χ1v) is 6.01. The van der Waals surface area contributed by atoms with E-state index < -0.39 is 0 Å². The number of aryl methyl sites for hydroxylation is 2. The van der Waals surface area contributed by atoms with Gasteiger partial charge in [-0.3, -0.25) is 0 Å². The highest BCUT2D eigenvalue weighted by atomic mass is 32.1. The van der Waals surface area contributed by atoms with Crippen LogP contribution in [-0.4, -0.2) is 0 Å². The van der Waals surface area contributed by atoms with Gasteiger partial charge in [0, 0.05) is 0 Å². The summed E-state index contributed by atoms with van der Waals surface area (Å²) in [5, 5.41) is 5.13. The number of anilines is 1. The van der Waals surface area contributed by atoms with Gasteiger partial charge in [-0.2, -0.15) is 0 Å². The molecule has 0 fully saturated rings. The standard InChI is InChI=1S/C13H14NS/c14-13-10-15-9-12(13)8-4-7-11-5-2-1-3-6-11/h1-3,5-6,9H,4,7-8,14H2. The quantitative estimate of drug-likeness (QED) is 0.833. The zero-order chi connectivity index (χ0) is 10.5. The van der Waals surface area contributed by atoms with Crippen LogP contribution in [0.3, 0.4) is 0 Å². The van der Waals surface area contributed by atoms with Crippen LogP contribution >= 0.6 is 11.3 Å². The van der Waals surface area contributed by atoms with Crippen molar-refractivity contribution in [1.82, 2.24) is 0 Å². The molecule has 0 bridgehead atoms. The van der Waals surface area contributed by atoms with Crippen LogP contribution < -0.4 is 5.73 Å². The predicted molar refractivity (Wildman–Crippen MR) is 66.0 cm³/mol. The minimum atomic E-state index is 0.827. The number of nitrogen functional groups attached to an aromatic ring is 1. The monoisotopic (exact) mass is 216 g/mol. The second-order valence-corrected chi connectivity index (χ2v) is 4.29. The van der Waals surface area contributed by atoms with Gasteiger partial charge in [0.05, 0.1) is 11.1 Å². The van der Waals surface area contributed by atoms with Crippen molar-refractivity contribution in [2.24, 2.45) is 0 Å². The zero-order valence-electron chi connectivity index (χ0n) is 8.57. The molecule has 1 aromatic heterocycles. The van der Waals surface area contributed by atoms with Gasteiger partial charge in [-0.1, -0.05) is 30.3 Å². The fraction of sp³-hybridized carbons (Fsp3) is 0.231.